The van der Waals surface area contributed by atoms with Crippen LogP contribution in [-0.4, -0.2) is 11.1 Å². The van der Waals surface area contributed by atoms with Gasteiger partial charge in [-0.15, -0.1) is 11.3 Å². The number of thiophene rings is 1. The summed E-state index contributed by atoms with van der Waals surface area (Å²) in [5.74, 6) is -1.01. The lowest BCUT2D eigenvalue weighted by molar-refractivity contribution is -0.141. The highest BCUT2D eigenvalue weighted by molar-refractivity contribution is 7.15. The first-order valence-corrected chi connectivity index (χ1v) is 4.98. The molecule has 72 valence electrons. The first-order chi connectivity index (χ1) is 6.09. The van der Waals surface area contributed by atoms with Gasteiger partial charge in [-0.1, -0.05) is 6.92 Å². The largest absolute Gasteiger partial charge is 0.481 e. The van der Waals surface area contributed by atoms with Gasteiger partial charge in [0.25, 0.3) is 0 Å². The van der Waals surface area contributed by atoms with Crippen LogP contribution in [0.5, 0.6) is 0 Å². The number of aliphatic carboxylic acids is 1. The summed E-state index contributed by atoms with van der Waals surface area (Å²) in [5.41, 5.74) is 5.55. The molecule has 0 amide bonds. The second kappa shape index (κ2) is 4.28. The highest BCUT2D eigenvalue weighted by Gasteiger charge is 2.10. The Kier molecular flexibility index (Phi) is 3.31. The lowest BCUT2D eigenvalue weighted by Crippen LogP contribution is -2.09. The normalized spacial score (nSPS) is 12.7. The third-order valence-corrected chi connectivity index (χ3v) is 2.90. The summed E-state index contributed by atoms with van der Waals surface area (Å²) in [6, 6.07) is 3.81. The summed E-state index contributed by atoms with van der Waals surface area (Å²) >= 11 is 1.53. The number of hydrogen-bond donors (Lipinski definition) is 2. The van der Waals surface area contributed by atoms with E-state index in [2.05, 4.69) is 0 Å². The van der Waals surface area contributed by atoms with Crippen LogP contribution in [0.2, 0.25) is 0 Å². The van der Waals surface area contributed by atoms with Crippen molar-refractivity contribution in [2.45, 2.75) is 19.8 Å². The van der Waals surface area contributed by atoms with Crippen LogP contribution in [-0.2, 0) is 11.2 Å². The van der Waals surface area contributed by atoms with Crippen molar-refractivity contribution in [1.29, 1.82) is 0 Å². The monoisotopic (exact) mass is 199 g/mol. The summed E-state index contributed by atoms with van der Waals surface area (Å²) in [6.07, 6.45) is 1.48. The number of carbonyl (C=O) groups is 1. The molecule has 0 fully saturated rings. The molecule has 0 bridgehead atoms. The molecule has 3 N–H and O–H groups in total. The molecule has 0 radical (unpaired) electrons. The van der Waals surface area contributed by atoms with Gasteiger partial charge in [0.05, 0.1) is 10.9 Å². The Balaban J connectivity index is 2.39. The predicted octanol–water partition coefficient (Wildman–Crippen LogP) is 1.98. The van der Waals surface area contributed by atoms with Crippen LogP contribution in [0, 0.1) is 5.92 Å². The Bertz CT molecular complexity index is 296. The van der Waals surface area contributed by atoms with E-state index >= 15 is 0 Å². The molecule has 0 saturated carbocycles. The van der Waals surface area contributed by atoms with Crippen LogP contribution in [0.3, 0.4) is 0 Å². The van der Waals surface area contributed by atoms with Crippen molar-refractivity contribution in [1.82, 2.24) is 0 Å². The zero-order chi connectivity index (χ0) is 9.84. The molecule has 1 unspecified atom stereocenters. The maximum atomic E-state index is 10.5. The number of rotatable bonds is 4. The second-order valence-electron chi connectivity index (χ2n) is 3.08. The number of carboxylic acids is 1. The molecule has 0 aliphatic rings. The van der Waals surface area contributed by atoms with E-state index in [0.717, 1.165) is 16.3 Å². The van der Waals surface area contributed by atoms with Crippen LogP contribution < -0.4 is 5.73 Å². The van der Waals surface area contributed by atoms with E-state index in [1.165, 1.54) is 11.3 Å². The lowest BCUT2D eigenvalue weighted by atomic mass is 10.1. The van der Waals surface area contributed by atoms with E-state index in [9.17, 15) is 4.79 Å². The van der Waals surface area contributed by atoms with Crippen molar-refractivity contribution in [3.05, 3.63) is 17.0 Å². The molecular formula is C9H13NO2S. The molecule has 1 aromatic heterocycles. The highest BCUT2D eigenvalue weighted by Crippen LogP contribution is 2.21. The SMILES string of the molecule is CC(CCc1ccc(N)s1)C(=O)O. The van der Waals surface area contributed by atoms with Gasteiger partial charge in [-0.3, -0.25) is 4.79 Å². The summed E-state index contributed by atoms with van der Waals surface area (Å²) in [5, 5.41) is 9.43. The van der Waals surface area contributed by atoms with Gasteiger partial charge in [0.15, 0.2) is 0 Å². The lowest BCUT2D eigenvalue weighted by Gasteiger charge is -2.03. The molecule has 0 aliphatic heterocycles. The fourth-order valence-corrected chi connectivity index (χ4v) is 1.81. The fourth-order valence-electron chi connectivity index (χ4n) is 1.01. The van der Waals surface area contributed by atoms with Crippen molar-refractivity contribution >= 4 is 22.3 Å². The maximum Gasteiger partial charge on any atom is 0.306 e. The third-order valence-electron chi connectivity index (χ3n) is 1.93. The average Bonchev–Trinajstić information content (AvgIpc) is 2.47. The number of nitrogen functional groups attached to an aromatic ring is 1. The minimum absolute atomic E-state index is 0.275. The molecule has 1 heterocycles. The molecule has 3 nitrogen and oxygen atoms in total. The molecule has 0 saturated heterocycles. The minimum atomic E-state index is -0.732. The summed E-state index contributed by atoms with van der Waals surface area (Å²) in [7, 11) is 0. The van der Waals surface area contributed by atoms with Crippen LogP contribution in [0.1, 0.15) is 18.2 Å². The molecule has 1 rings (SSSR count). The van der Waals surface area contributed by atoms with Crippen LogP contribution in [0.25, 0.3) is 0 Å². The predicted molar refractivity (Wildman–Crippen MR) is 53.9 cm³/mol. The Labute approximate surface area is 81.2 Å². The van der Waals surface area contributed by atoms with Gasteiger partial charge in [0.2, 0.25) is 0 Å². The Hall–Kier alpha value is -1.03. The van der Waals surface area contributed by atoms with Crippen molar-refractivity contribution in [3.63, 3.8) is 0 Å². The molecule has 13 heavy (non-hydrogen) atoms. The number of nitrogens with two attached hydrogens (primary N) is 1. The fraction of sp³-hybridized carbons (Fsp3) is 0.444. The minimum Gasteiger partial charge on any atom is -0.481 e. The number of aryl methyl sites for hydroxylation is 1. The van der Waals surface area contributed by atoms with Crippen LogP contribution >= 0.6 is 11.3 Å². The molecule has 0 aliphatic carbocycles. The van der Waals surface area contributed by atoms with E-state index in [0.29, 0.717) is 6.42 Å². The van der Waals surface area contributed by atoms with Gasteiger partial charge in [0.1, 0.15) is 0 Å². The Morgan fingerprint density at radius 2 is 2.38 bits per heavy atom. The van der Waals surface area contributed by atoms with Crippen LogP contribution in [0.4, 0.5) is 5.00 Å². The van der Waals surface area contributed by atoms with Crippen molar-refractivity contribution in [2.75, 3.05) is 5.73 Å². The number of hydrogen-bond acceptors (Lipinski definition) is 3. The van der Waals surface area contributed by atoms with Gasteiger partial charge in [-0.25, -0.2) is 0 Å². The molecular weight excluding hydrogens is 186 g/mol. The van der Waals surface area contributed by atoms with Gasteiger partial charge < -0.3 is 10.8 Å². The third kappa shape index (κ3) is 3.06. The van der Waals surface area contributed by atoms with E-state index in [-0.39, 0.29) is 5.92 Å². The van der Waals surface area contributed by atoms with Gasteiger partial charge in [-0.2, -0.15) is 0 Å². The molecule has 1 aromatic rings. The van der Waals surface area contributed by atoms with E-state index in [1.807, 2.05) is 12.1 Å². The highest BCUT2D eigenvalue weighted by atomic mass is 32.1. The number of anilines is 1. The zero-order valence-corrected chi connectivity index (χ0v) is 8.30. The average molecular weight is 199 g/mol. The summed E-state index contributed by atoms with van der Waals surface area (Å²) in [4.78, 5) is 11.7. The molecule has 4 heteroatoms. The molecule has 1 atom stereocenters. The van der Waals surface area contributed by atoms with E-state index < -0.39 is 5.97 Å². The smallest absolute Gasteiger partial charge is 0.306 e. The van der Waals surface area contributed by atoms with Gasteiger partial charge in [-0.05, 0) is 25.0 Å². The van der Waals surface area contributed by atoms with Gasteiger partial charge >= 0.3 is 5.97 Å². The van der Waals surface area contributed by atoms with Crippen molar-refractivity contribution < 1.29 is 9.90 Å². The van der Waals surface area contributed by atoms with Gasteiger partial charge in [0, 0.05) is 4.88 Å². The van der Waals surface area contributed by atoms with Crippen LogP contribution in [0.15, 0.2) is 12.1 Å². The molecule has 0 aromatic carbocycles. The first-order valence-electron chi connectivity index (χ1n) is 4.16. The summed E-state index contributed by atoms with van der Waals surface area (Å²) in [6.45, 7) is 1.72. The summed E-state index contributed by atoms with van der Waals surface area (Å²) < 4.78 is 0. The maximum absolute atomic E-state index is 10.5. The topological polar surface area (TPSA) is 63.3 Å². The second-order valence-corrected chi connectivity index (χ2v) is 4.28. The molecule has 0 spiro atoms. The standard InChI is InChI=1S/C9H13NO2S/c1-6(9(11)12)2-3-7-4-5-8(10)13-7/h4-6H,2-3,10H2,1H3,(H,11,12). The van der Waals surface area contributed by atoms with E-state index in [4.69, 9.17) is 10.8 Å². The Morgan fingerprint density at radius 1 is 1.69 bits per heavy atom. The number of carboxylic acid groups (broad SMARTS) is 1. The Morgan fingerprint density at radius 3 is 2.85 bits per heavy atom. The van der Waals surface area contributed by atoms with Crippen molar-refractivity contribution in [2.24, 2.45) is 5.92 Å². The van der Waals surface area contributed by atoms with E-state index in [1.54, 1.807) is 6.92 Å². The van der Waals surface area contributed by atoms with Crippen molar-refractivity contribution in [3.8, 4) is 0 Å². The quantitative estimate of drug-likeness (QED) is 0.779. The first kappa shape index (κ1) is 10.1. The zero-order valence-electron chi connectivity index (χ0n) is 7.49.